The van der Waals surface area contributed by atoms with E-state index in [1.807, 2.05) is 26.0 Å². The molecule has 0 spiro atoms. The molecule has 0 radical (unpaired) electrons. The van der Waals surface area contributed by atoms with Crippen LogP contribution in [-0.4, -0.2) is 74.0 Å². The van der Waals surface area contributed by atoms with E-state index in [0.717, 1.165) is 51.6 Å². The van der Waals surface area contributed by atoms with E-state index in [-0.39, 0.29) is 24.0 Å². The van der Waals surface area contributed by atoms with Crippen molar-refractivity contribution < 1.29 is 14.3 Å². The monoisotopic (exact) mass is 466 g/mol. The molecule has 1 aromatic heterocycles. The quantitative estimate of drug-likeness (QED) is 0.302. The van der Waals surface area contributed by atoms with Crippen molar-refractivity contribution in [1.82, 2.24) is 15.5 Å². The molecule has 25 heavy (non-hydrogen) atoms. The van der Waals surface area contributed by atoms with Crippen LogP contribution in [0.25, 0.3) is 0 Å². The molecule has 1 aliphatic rings. The van der Waals surface area contributed by atoms with Gasteiger partial charge in [-0.2, -0.15) is 0 Å². The van der Waals surface area contributed by atoms with E-state index in [1.54, 1.807) is 6.26 Å². The zero-order valence-electron chi connectivity index (χ0n) is 15.2. The molecule has 0 aliphatic carbocycles. The van der Waals surface area contributed by atoms with Gasteiger partial charge in [-0.15, -0.1) is 24.0 Å². The van der Waals surface area contributed by atoms with Gasteiger partial charge in [0.15, 0.2) is 5.96 Å². The van der Waals surface area contributed by atoms with E-state index in [0.29, 0.717) is 19.0 Å². The van der Waals surface area contributed by atoms with Crippen LogP contribution < -0.4 is 10.6 Å². The molecule has 0 aromatic carbocycles. The lowest BCUT2D eigenvalue weighted by Crippen LogP contribution is -2.48. The standard InChI is InChI=1S/C17H30N4O3.HI/c1-3-18-16(19-7-6-15-5-4-10-24-15)20-13-17(2,22)14-21-8-11-23-12-9-21;/h4-5,10,22H,3,6-9,11-14H2,1-2H3,(H2,18,19,20);1H. The molecule has 8 heteroatoms. The first-order chi connectivity index (χ1) is 11.6. The Morgan fingerprint density at radius 3 is 2.76 bits per heavy atom. The molecule has 3 N–H and O–H groups in total. The molecule has 0 bridgehead atoms. The van der Waals surface area contributed by atoms with E-state index < -0.39 is 5.60 Å². The van der Waals surface area contributed by atoms with Gasteiger partial charge in [0, 0.05) is 39.1 Å². The maximum atomic E-state index is 10.6. The van der Waals surface area contributed by atoms with Crippen molar-refractivity contribution in [3.05, 3.63) is 24.2 Å². The maximum absolute atomic E-state index is 10.6. The highest BCUT2D eigenvalue weighted by Gasteiger charge is 2.25. The lowest BCUT2D eigenvalue weighted by Gasteiger charge is -2.33. The SMILES string of the molecule is CCNC(=NCC(C)(O)CN1CCOCC1)NCCc1ccco1.I. The summed E-state index contributed by atoms with van der Waals surface area (Å²) in [5.74, 6) is 1.66. The summed E-state index contributed by atoms with van der Waals surface area (Å²) < 4.78 is 10.7. The van der Waals surface area contributed by atoms with Crippen molar-refractivity contribution in [2.45, 2.75) is 25.9 Å². The smallest absolute Gasteiger partial charge is 0.191 e. The van der Waals surface area contributed by atoms with Gasteiger partial charge in [-0.05, 0) is 26.0 Å². The minimum absolute atomic E-state index is 0. The predicted molar refractivity (Wildman–Crippen MR) is 110 cm³/mol. The Bertz CT molecular complexity index is 488. The average molecular weight is 466 g/mol. The lowest BCUT2D eigenvalue weighted by molar-refractivity contribution is -0.0179. The van der Waals surface area contributed by atoms with E-state index in [9.17, 15) is 5.11 Å². The van der Waals surface area contributed by atoms with Gasteiger partial charge in [-0.1, -0.05) is 0 Å². The summed E-state index contributed by atoms with van der Waals surface area (Å²) in [6.45, 7) is 9.50. The van der Waals surface area contributed by atoms with Gasteiger partial charge < -0.3 is 24.9 Å². The Balaban J connectivity index is 0.00000312. The van der Waals surface area contributed by atoms with Crippen LogP contribution in [0.5, 0.6) is 0 Å². The molecule has 2 heterocycles. The van der Waals surface area contributed by atoms with Crippen LogP contribution in [0.3, 0.4) is 0 Å². The topological polar surface area (TPSA) is 82.3 Å². The highest BCUT2D eigenvalue weighted by molar-refractivity contribution is 14.0. The average Bonchev–Trinajstić information content (AvgIpc) is 3.06. The first kappa shape index (κ1) is 22.2. The van der Waals surface area contributed by atoms with E-state index in [1.165, 1.54) is 0 Å². The van der Waals surface area contributed by atoms with Gasteiger partial charge in [0.1, 0.15) is 5.76 Å². The third-order valence-corrected chi connectivity index (χ3v) is 3.83. The Hall–Kier alpha value is -0.840. The number of morpholine rings is 1. The third kappa shape index (κ3) is 8.89. The number of hydrogen-bond acceptors (Lipinski definition) is 5. The van der Waals surface area contributed by atoms with Gasteiger partial charge in [0.2, 0.25) is 0 Å². The highest BCUT2D eigenvalue weighted by atomic mass is 127. The van der Waals surface area contributed by atoms with Gasteiger partial charge in [-0.25, -0.2) is 0 Å². The summed E-state index contributed by atoms with van der Waals surface area (Å²) >= 11 is 0. The molecule has 1 unspecified atom stereocenters. The van der Waals surface area contributed by atoms with Crippen molar-refractivity contribution in [2.24, 2.45) is 4.99 Å². The Morgan fingerprint density at radius 2 is 2.12 bits per heavy atom. The first-order valence-corrected chi connectivity index (χ1v) is 8.66. The number of guanidine groups is 1. The fraction of sp³-hybridized carbons (Fsp3) is 0.706. The zero-order chi connectivity index (χ0) is 17.3. The molecule has 2 rings (SSSR count). The van der Waals surface area contributed by atoms with Crippen LogP contribution in [0.2, 0.25) is 0 Å². The number of aliphatic imine (C=N–C) groups is 1. The summed E-state index contributed by atoms with van der Waals surface area (Å²) in [6, 6.07) is 3.84. The fourth-order valence-electron chi connectivity index (χ4n) is 2.64. The van der Waals surface area contributed by atoms with Gasteiger partial charge in [-0.3, -0.25) is 9.89 Å². The molecule has 144 valence electrons. The number of nitrogens with zero attached hydrogens (tertiary/aromatic N) is 2. The van der Waals surface area contributed by atoms with Gasteiger partial charge in [0.25, 0.3) is 0 Å². The number of ether oxygens (including phenoxy) is 1. The molecule has 1 aromatic rings. The zero-order valence-corrected chi connectivity index (χ0v) is 17.5. The largest absolute Gasteiger partial charge is 0.469 e. The minimum atomic E-state index is -0.860. The van der Waals surface area contributed by atoms with Crippen LogP contribution in [0, 0.1) is 0 Å². The van der Waals surface area contributed by atoms with Crippen molar-refractivity contribution in [1.29, 1.82) is 0 Å². The molecule has 0 amide bonds. The molecule has 1 saturated heterocycles. The summed E-state index contributed by atoms with van der Waals surface area (Å²) in [5, 5.41) is 17.1. The summed E-state index contributed by atoms with van der Waals surface area (Å²) in [4.78, 5) is 6.74. The normalized spacial score (nSPS) is 18.3. The highest BCUT2D eigenvalue weighted by Crippen LogP contribution is 2.09. The molecule has 0 saturated carbocycles. The van der Waals surface area contributed by atoms with E-state index >= 15 is 0 Å². The van der Waals surface area contributed by atoms with E-state index in [4.69, 9.17) is 9.15 Å². The number of furan rings is 1. The van der Waals surface area contributed by atoms with Crippen LogP contribution in [0.1, 0.15) is 19.6 Å². The minimum Gasteiger partial charge on any atom is -0.469 e. The molecule has 1 fully saturated rings. The predicted octanol–water partition coefficient (Wildman–Crippen LogP) is 1.08. The number of aliphatic hydroxyl groups is 1. The molecule has 1 atom stereocenters. The van der Waals surface area contributed by atoms with Crippen molar-refractivity contribution >= 4 is 29.9 Å². The van der Waals surface area contributed by atoms with Crippen LogP contribution in [0.4, 0.5) is 0 Å². The molecule has 1 aliphatic heterocycles. The second-order valence-corrected chi connectivity index (χ2v) is 6.34. The van der Waals surface area contributed by atoms with Crippen LogP contribution in [0.15, 0.2) is 27.8 Å². The number of halogens is 1. The fourth-order valence-corrected chi connectivity index (χ4v) is 2.64. The van der Waals surface area contributed by atoms with Gasteiger partial charge >= 0.3 is 0 Å². The molecular weight excluding hydrogens is 435 g/mol. The third-order valence-electron chi connectivity index (χ3n) is 3.83. The lowest BCUT2D eigenvalue weighted by atomic mass is 10.1. The summed E-state index contributed by atoms with van der Waals surface area (Å²) in [7, 11) is 0. The van der Waals surface area contributed by atoms with Crippen molar-refractivity contribution in [3.8, 4) is 0 Å². The number of nitrogens with one attached hydrogen (secondary N) is 2. The molecular formula is C17H31IN4O3. The molecule has 7 nitrogen and oxygen atoms in total. The van der Waals surface area contributed by atoms with Crippen LogP contribution in [-0.2, 0) is 11.2 Å². The second-order valence-electron chi connectivity index (χ2n) is 6.34. The Morgan fingerprint density at radius 1 is 1.36 bits per heavy atom. The van der Waals surface area contributed by atoms with Crippen LogP contribution >= 0.6 is 24.0 Å². The number of β-amino-alcohol motifs (C(OH)–C–C–N with tert-alkyl or cyclic N) is 1. The Kier molecular flexibility index (Phi) is 10.4. The summed E-state index contributed by atoms with van der Waals surface area (Å²) in [5.41, 5.74) is -0.860. The van der Waals surface area contributed by atoms with Crippen molar-refractivity contribution in [2.75, 3.05) is 52.5 Å². The van der Waals surface area contributed by atoms with Crippen molar-refractivity contribution in [3.63, 3.8) is 0 Å². The maximum Gasteiger partial charge on any atom is 0.191 e. The summed E-state index contributed by atoms with van der Waals surface area (Å²) in [6.07, 6.45) is 2.47. The second kappa shape index (κ2) is 11.7. The first-order valence-electron chi connectivity index (χ1n) is 8.66. The number of hydrogen-bond donors (Lipinski definition) is 3. The number of rotatable bonds is 8. The Labute approximate surface area is 167 Å². The van der Waals surface area contributed by atoms with Gasteiger partial charge in [0.05, 0.1) is 31.6 Å². The van der Waals surface area contributed by atoms with E-state index in [2.05, 4.69) is 20.5 Å².